The van der Waals surface area contributed by atoms with Gasteiger partial charge in [-0.05, 0) is 43.7 Å². The number of carbonyl (C=O) groups is 1. The van der Waals surface area contributed by atoms with E-state index in [0.29, 0.717) is 28.1 Å². The van der Waals surface area contributed by atoms with Crippen LogP contribution in [0.15, 0.2) is 39.8 Å². The number of nitrogens with one attached hydrogen (secondary N) is 1. The fraction of sp³-hybridized carbons (Fsp3) is 0.200. The zero-order chi connectivity index (χ0) is 20.2. The number of sulfone groups is 1. The first-order valence-corrected chi connectivity index (χ1v) is 10.4. The van der Waals surface area contributed by atoms with Crippen molar-refractivity contribution in [1.82, 2.24) is 10.1 Å². The van der Waals surface area contributed by atoms with Gasteiger partial charge in [0.15, 0.2) is 9.84 Å². The van der Waals surface area contributed by atoms with Crippen LogP contribution in [0, 0.1) is 13.8 Å². The normalized spacial score (nSPS) is 12.0. The van der Waals surface area contributed by atoms with Crippen LogP contribution in [0.3, 0.4) is 0 Å². The van der Waals surface area contributed by atoms with Crippen LogP contribution >= 0.6 is 0 Å². The van der Waals surface area contributed by atoms with Gasteiger partial charge in [0.05, 0.1) is 28.8 Å². The molecule has 0 spiro atoms. The third-order valence-electron chi connectivity index (χ3n) is 4.83. The fourth-order valence-electron chi connectivity index (χ4n) is 3.53. The van der Waals surface area contributed by atoms with E-state index >= 15 is 0 Å². The highest BCUT2D eigenvalue weighted by Crippen LogP contribution is 2.36. The van der Waals surface area contributed by atoms with E-state index in [4.69, 9.17) is 9.26 Å². The van der Waals surface area contributed by atoms with Gasteiger partial charge < -0.3 is 14.2 Å². The van der Waals surface area contributed by atoms with E-state index in [1.165, 1.54) is 7.11 Å². The number of esters is 1. The summed E-state index contributed by atoms with van der Waals surface area (Å²) < 4.78 is 34.0. The molecule has 0 bridgehead atoms. The van der Waals surface area contributed by atoms with Crippen LogP contribution in [0.25, 0.3) is 32.9 Å². The van der Waals surface area contributed by atoms with E-state index in [-0.39, 0.29) is 4.90 Å². The summed E-state index contributed by atoms with van der Waals surface area (Å²) in [5, 5.41) is 5.58. The lowest BCUT2D eigenvalue weighted by molar-refractivity contribution is 0.0603. The number of H-pyrrole nitrogens is 1. The Hall–Kier alpha value is -3.13. The topological polar surface area (TPSA) is 102 Å². The number of hydrogen-bond acceptors (Lipinski definition) is 6. The summed E-state index contributed by atoms with van der Waals surface area (Å²) in [6, 6.07) is 8.54. The van der Waals surface area contributed by atoms with E-state index < -0.39 is 15.8 Å². The molecule has 1 N–H and O–H groups in total. The largest absolute Gasteiger partial charge is 0.465 e. The minimum Gasteiger partial charge on any atom is -0.465 e. The first kappa shape index (κ1) is 18.2. The molecule has 0 unspecified atom stereocenters. The highest BCUT2D eigenvalue weighted by molar-refractivity contribution is 7.90. The summed E-state index contributed by atoms with van der Waals surface area (Å²) in [6.45, 7) is 3.65. The molecule has 4 rings (SSSR count). The number of aryl methyl sites for hydroxylation is 2. The maximum Gasteiger partial charge on any atom is 0.340 e. The first-order chi connectivity index (χ1) is 13.2. The molecule has 0 atom stereocenters. The minimum atomic E-state index is -3.35. The second-order valence-corrected chi connectivity index (χ2v) is 8.76. The smallest absolute Gasteiger partial charge is 0.340 e. The predicted octanol–water partition coefficient (Wildman–Crippen LogP) is 3.78. The number of ether oxygens (including phenoxy) is 1. The van der Waals surface area contributed by atoms with Gasteiger partial charge in [-0.2, -0.15) is 0 Å². The molecule has 0 amide bonds. The van der Waals surface area contributed by atoms with Crippen LogP contribution in [-0.4, -0.2) is 37.9 Å². The molecule has 8 heteroatoms. The van der Waals surface area contributed by atoms with E-state index in [9.17, 15) is 13.2 Å². The van der Waals surface area contributed by atoms with Crippen LogP contribution in [0.5, 0.6) is 0 Å². The number of rotatable bonds is 3. The third-order valence-corrected chi connectivity index (χ3v) is 5.94. The van der Waals surface area contributed by atoms with Crippen molar-refractivity contribution in [2.45, 2.75) is 18.7 Å². The van der Waals surface area contributed by atoms with E-state index in [1.54, 1.807) is 24.3 Å². The Morgan fingerprint density at radius 1 is 1.14 bits per heavy atom. The van der Waals surface area contributed by atoms with Gasteiger partial charge >= 0.3 is 5.97 Å². The zero-order valence-corrected chi connectivity index (χ0v) is 16.6. The van der Waals surface area contributed by atoms with Crippen molar-refractivity contribution in [2.24, 2.45) is 0 Å². The molecular weight excluding hydrogens is 380 g/mol. The molecule has 0 aliphatic carbocycles. The lowest BCUT2D eigenvalue weighted by atomic mass is 9.98. The third kappa shape index (κ3) is 2.77. The first-order valence-electron chi connectivity index (χ1n) is 8.52. The lowest BCUT2D eigenvalue weighted by Crippen LogP contribution is -2.02. The summed E-state index contributed by atoms with van der Waals surface area (Å²) in [5.74, 6) is 0.153. The van der Waals surface area contributed by atoms with Crippen molar-refractivity contribution >= 4 is 37.6 Å². The van der Waals surface area contributed by atoms with Gasteiger partial charge in [0.25, 0.3) is 0 Å². The van der Waals surface area contributed by atoms with E-state index in [1.807, 2.05) is 19.9 Å². The summed E-state index contributed by atoms with van der Waals surface area (Å²) in [5.41, 5.74) is 3.87. The highest BCUT2D eigenvalue weighted by atomic mass is 32.2. The van der Waals surface area contributed by atoms with Crippen LogP contribution in [-0.2, 0) is 14.6 Å². The van der Waals surface area contributed by atoms with Crippen molar-refractivity contribution < 1.29 is 22.5 Å². The Morgan fingerprint density at radius 3 is 2.50 bits per heavy atom. The molecule has 2 aromatic carbocycles. The summed E-state index contributed by atoms with van der Waals surface area (Å²) in [4.78, 5) is 15.8. The van der Waals surface area contributed by atoms with Gasteiger partial charge in [-0.3, -0.25) is 0 Å². The second kappa shape index (κ2) is 6.20. The number of nitrogens with zero attached hydrogens (tertiary/aromatic N) is 1. The van der Waals surface area contributed by atoms with Gasteiger partial charge in [0, 0.05) is 28.1 Å². The summed E-state index contributed by atoms with van der Waals surface area (Å²) in [6.07, 6.45) is 1.16. The molecule has 4 aromatic rings. The van der Waals surface area contributed by atoms with Crippen molar-refractivity contribution in [2.75, 3.05) is 13.4 Å². The average molecular weight is 398 g/mol. The maximum atomic E-state index is 12.4. The monoisotopic (exact) mass is 398 g/mol. The second-order valence-electron chi connectivity index (χ2n) is 6.74. The molecule has 0 radical (unpaired) electrons. The van der Waals surface area contributed by atoms with E-state index in [0.717, 1.165) is 28.2 Å². The van der Waals surface area contributed by atoms with Gasteiger partial charge in [-0.1, -0.05) is 11.2 Å². The molecule has 2 heterocycles. The van der Waals surface area contributed by atoms with Crippen molar-refractivity contribution in [3.8, 4) is 11.1 Å². The van der Waals surface area contributed by atoms with Crippen molar-refractivity contribution in [1.29, 1.82) is 0 Å². The van der Waals surface area contributed by atoms with Crippen LogP contribution in [0.4, 0.5) is 0 Å². The molecule has 0 aliphatic heterocycles. The highest BCUT2D eigenvalue weighted by Gasteiger charge is 2.20. The summed E-state index contributed by atoms with van der Waals surface area (Å²) >= 11 is 0. The Labute approximate surface area is 161 Å². The minimum absolute atomic E-state index is 0.206. The molecule has 0 saturated carbocycles. The Kier molecular flexibility index (Phi) is 4.04. The maximum absolute atomic E-state index is 12.4. The van der Waals surface area contributed by atoms with Gasteiger partial charge in [0.2, 0.25) is 0 Å². The van der Waals surface area contributed by atoms with E-state index in [2.05, 4.69) is 10.1 Å². The molecule has 0 saturated heterocycles. The molecule has 7 nitrogen and oxygen atoms in total. The Balaban J connectivity index is 2.10. The molecule has 0 aliphatic rings. The fourth-order valence-corrected chi connectivity index (χ4v) is 4.17. The number of carbonyl (C=O) groups excluding carboxylic acids is 1. The number of aromatic nitrogens is 2. The quantitative estimate of drug-likeness (QED) is 0.527. The Bertz CT molecular complexity index is 1340. The SMILES string of the molecule is COC(=O)c1cc(-c2c(C)noc2C)cc2c1[nH]c1cc(S(C)(=O)=O)ccc12. The number of benzene rings is 2. The van der Waals surface area contributed by atoms with Crippen LogP contribution in [0.1, 0.15) is 21.8 Å². The van der Waals surface area contributed by atoms with Gasteiger partial charge in [0.1, 0.15) is 5.76 Å². The molecular formula is C20H18N2O5S. The standard InChI is InChI=1S/C20H18N2O5S/c1-10-18(11(2)27-22-10)12-7-15-14-6-5-13(28(4,24)25)9-17(14)21-19(15)16(8-12)20(23)26-3/h5-9,21H,1-4H3. The lowest BCUT2D eigenvalue weighted by Gasteiger charge is -2.06. The predicted molar refractivity (Wildman–Crippen MR) is 105 cm³/mol. The molecule has 2 aromatic heterocycles. The molecule has 0 fully saturated rings. The number of hydrogen-bond donors (Lipinski definition) is 1. The molecule has 28 heavy (non-hydrogen) atoms. The number of fused-ring (bicyclic) bond motifs is 3. The number of aromatic amines is 1. The van der Waals surface area contributed by atoms with Gasteiger partial charge in [-0.15, -0.1) is 0 Å². The number of methoxy groups -OCH3 is 1. The van der Waals surface area contributed by atoms with Crippen molar-refractivity contribution in [3.05, 3.63) is 47.3 Å². The van der Waals surface area contributed by atoms with Crippen LogP contribution < -0.4 is 0 Å². The van der Waals surface area contributed by atoms with Crippen molar-refractivity contribution in [3.63, 3.8) is 0 Å². The Morgan fingerprint density at radius 2 is 1.89 bits per heavy atom. The average Bonchev–Trinajstić information content (AvgIpc) is 3.18. The van der Waals surface area contributed by atoms with Crippen LogP contribution in [0.2, 0.25) is 0 Å². The zero-order valence-electron chi connectivity index (χ0n) is 15.8. The van der Waals surface area contributed by atoms with Gasteiger partial charge in [-0.25, -0.2) is 13.2 Å². The molecule has 144 valence electrons. The summed E-state index contributed by atoms with van der Waals surface area (Å²) in [7, 11) is -2.03.